The van der Waals surface area contributed by atoms with Gasteiger partial charge in [0.2, 0.25) is 5.91 Å². The highest BCUT2D eigenvalue weighted by Crippen LogP contribution is 2.34. The molecule has 0 saturated carbocycles. The Bertz CT molecular complexity index is 1530. The largest absolute Gasteiger partial charge is 0.339 e. The van der Waals surface area contributed by atoms with Crippen molar-refractivity contribution in [3.05, 3.63) is 130 Å². The van der Waals surface area contributed by atoms with Crippen LogP contribution in [0.3, 0.4) is 0 Å². The zero-order valence-electron chi connectivity index (χ0n) is 22.6. The fourth-order valence-electron chi connectivity index (χ4n) is 5.75. The second-order valence-electron chi connectivity index (χ2n) is 10.4. The molecule has 40 heavy (non-hydrogen) atoms. The van der Waals surface area contributed by atoms with E-state index in [2.05, 4.69) is 84.1 Å². The maximum Gasteiger partial charge on any atom is 0.316 e. The Labute approximate surface area is 234 Å². The highest BCUT2D eigenvalue weighted by atomic mass is 16.3. The summed E-state index contributed by atoms with van der Waals surface area (Å²) in [5.41, 5.74) is 3.45. The molecule has 0 bridgehead atoms. The van der Waals surface area contributed by atoms with E-state index >= 15 is 0 Å². The second kappa shape index (κ2) is 12.6. The zero-order valence-corrected chi connectivity index (χ0v) is 22.6. The van der Waals surface area contributed by atoms with E-state index in [1.807, 2.05) is 11.0 Å². The number of likely N-dealkylation sites (tertiary alicyclic amines) is 1. The lowest BCUT2D eigenvalue weighted by molar-refractivity contribution is -0.128. The molecule has 1 saturated heterocycles. The molecular formula is C34H33N3O3. The maximum absolute atomic E-state index is 13.2. The van der Waals surface area contributed by atoms with Crippen molar-refractivity contribution in [3.8, 4) is 0 Å². The molecule has 4 aromatic carbocycles. The predicted octanol–water partition coefficient (Wildman–Crippen LogP) is 6.74. The van der Waals surface area contributed by atoms with Crippen LogP contribution in [0.4, 0.5) is 0 Å². The van der Waals surface area contributed by atoms with Gasteiger partial charge in [-0.1, -0.05) is 84.9 Å². The second-order valence-corrected chi connectivity index (χ2v) is 10.4. The minimum Gasteiger partial charge on any atom is -0.339 e. The fourth-order valence-corrected chi connectivity index (χ4v) is 5.75. The van der Waals surface area contributed by atoms with Crippen molar-refractivity contribution >= 4 is 28.7 Å². The summed E-state index contributed by atoms with van der Waals surface area (Å²) in [5.74, 6) is -0.299. The van der Waals surface area contributed by atoms with E-state index in [1.54, 1.807) is 30.4 Å². The van der Waals surface area contributed by atoms with Gasteiger partial charge in [0.05, 0.1) is 0 Å². The average Bonchev–Trinajstić information content (AvgIpc) is 3.02. The number of hydrogen-bond acceptors (Lipinski definition) is 4. The monoisotopic (exact) mass is 531 g/mol. The standard InChI is InChI=1S/C34H33N3O3/c1-24(30-16-8-13-27-12-5-6-15-32(27)30)35-22-29-23-37(20-19-31(29)26-10-3-2-4-11-26)33(38)18-17-25-9-7-14-28(21-25)34(39)36-40/h2-18,21,24,29,31,35H,19-20,22-23H2,1H3/b18-17+/t24-,29?,31?/m1/s1. The Morgan fingerprint density at radius 1 is 0.975 bits per heavy atom. The molecule has 0 spiro atoms. The van der Waals surface area contributed by atoms with Gasteiger partial charge in [-0.15, -0.1) is 4.91 Å². The van der Waals surface area contributed by atoms with Crippen molar-refractivity contribution in [1.82, 2.24) is 10.2 Å². The molecule has 1 heterocycles. The quantitative estimate of drug-likeness (QED) is 0.202. The third kappa shape index (κ3) is 6.24. The molecule has 2 amide bonds. The number of piperidine rings is 1. The third-order valence-electron chi connectivity index (χ3n) is 7.88. The van der Waals surface area contributed by atoms with Gasteiger partial charge in [-0.25, -0.2) is 0 Å². The van der Waals surface area contributed by atoms with E-state index in [9.17, 15) is 14.5 Å². The summed E-state index contributed by atoms with van der Waals surface area (Å²) in [7, 11) is 0. The summed E-state index contributed by atoms with van der Waals surface area (Å²) in [6, 6.07) is 32.2. The summed E-state index contributed by atoms with van der Waals surface area (Å²) in [4.78, 5) is 37.3. The number of carbonyl (C=O) groups is 2. The van der Waals surface area contributed by atoms with Gasteiger partial charge in [-0.3, -0.25) is 9.59 Å². The van der Waals surface area contributed by atoms with Crippen molar-refractivity contribution in [2.24, 2.45) is 11.1 Å². The van der Waals surface area contributed by atoms with Crippen LogP contribution in [0.15, 0.2) is 108 Å². The number of benzene rings is 4. The molecule has 1 fully saturated rings. The van der Waals surface area contributed by atoms with Crippen LogP contribution >= 0.6 is 0 Å². The van der Waals surface area contributed by atoms with Crippen molar-refractivity contribution in [2.75, 3.05) is 19.6 Å². The number of carbonyl (C=O) groups excluding carboxylic acids is 2. The van der Waals surface area contributed by atoms with Gasteiger partial charge in [0.25, 0.3) is 0 Å². The minimum atomic E-state index is -0.822. The molecule has 0 aliphatic carbocycles. The smallest absolute Gasteiger partial charge is 0.316 e. The lowest BCUT2D eigenvalue weighted by Crippen LogP contribution is -2.46. The molecule has 4 aromatic rings. The highest BCUT2D eigenvalue weighted by molar-refractivity contribution is 5.96. The molecule has 5 rings (SSSR count). The van der Waals surface area contributed by atoms with Gasteiger partial charge in [-0.05, 0) is 70.9 Å². The molecule has 1 aliphatic rings. The first kappa shape index (κ1) is 27.2. The minimum absolute atomic E-state index is 0.0659. The van der Waals surface area contributed by atoms with E-state index in [1.165, 1.54) is 28.0 Å². The van der Waals surface area contributed by atoms with Gasteiger partial charge in [0, 0.05) is 42.5 Å². The molecule has 202 valence electrons. The molecule has 0 radical (unpaired) electrons. The molecule has 1 N–H and O–H groups in total. The Morgan fingerprint density at radius 2 is 1.73 bits per heavy atom. The van der Waals surface area contributed by atoms with Crippen molar-refractivity contribution in [1.29, 1.82) is 0 Å². The summed E-state index contributed by atoms with van der Waals surface area (Å²) >= 11 is 0. The van der Waals surface area contributed by atoms with Crippen LogP contribution in [0.25, 0.3) is 16.8 Å². The van der Waals surface area contributed by atoms with E-state index in [4.69, 9.17) is 0 Å². The van der Waals surface area contributed by atoms with Crippen LogP contribution in [0, 0.1) is 10.8 Å². The number of nitroso groups, excluding NO2 is 1. The summed E-state index contributed by atoms with van der Waals surface area (Å²) in [5, 5.41) is 8.74. The highest BCUT2D eigenvalue weighted by Gasteiger charge is 2.32. The average molecular weight is 532 g/mol. The first-order chi connectivity index (χ1) is 19.5. The summed E-state index contributed by atoms with van der Waals surface area (Å²) < 4.78 is 0. The van der Waals surface area contributed by atoms with Gasteiger partial charge >= 0.3 is 5.91 Å². The first-order valence-corrected chi connectivity index (χ1v) is 13.7. The topological polar surface area (TPSA) is 78.8 Å². The van der Waals surface area contributed by atoms with Gasteiger partial charge in [0.1, 0.15) is 0 Å². The maximum atomic E-state index is 13.2. The normalized spacial score (nSPS) is 18.1. The van der Waals surface area contributed by atoms with E-state index in [-0.39, 0.29) is 23.4 Å². The van der Waals surface area contributed by atoms with Gasteiger partial charge in [-0.2, -0.15) is 0 Å². The van der Waals surface area contributed by atoms with Crippen LogP contribution in [0.1, 0.15) is 52.4 Å². The Hall–Kier alpha value is -4.42. The first-order valence-electron chi connectivity index (χ1n) is 13.7. The molecule has 6 heteroatoms. The van der Waals surface area contributed by atoms with E-state index in [0.29, 0.717) is 24.6 Å². The van der Waals surface area contributed by atoms with Gasteiger partial charge < -0.3 is 10.2 Å². The van der Waals surface area contributed by atoms with Crippen LogP contribution in [0.2, 0.25) is 0 Å². The summed E-state index contributed by atoms with van der Waals surface area (Å²) in [6.07, 6.45) is 4.11. The molecule has 0 aromatic heterocycles. The number of nitrogens with zero attached hydrogens (tertiary/aromatic N) is 2. The lowest BCUT2D eigenvalue weighted by Gasteiger charge is -2.39. The molecule has 2 unspecified atom stereocenters. The van der Waals surface area contributed by atoms with Gasteiger partial charge in [0.15, 0.2) is 0 Å². The molecule has 1 aliphatic heterocycles. The molecule has 3 atom stereocenters. The van der Waals surface area contributed by atoms with Crippen LogP contribution in [-0.2, 0) is 4.79 Å². The number of amides is 2. The number of nitrogens with one attached hydrogen (secondary N) is 1. The van der Waals surface area contributed by atoms with Crippen molar-refractivity contribution < 1.29 is 9.59 Å². The Morgan fingerprint density at radius 3 is 2.55 bits per heavy atom. The molecular weight excluding hydrogens is 498 g/mol. The SMILES string of the molecule is C[C@@H](NCC1CN(C(=O)/C=C/c2cccc(C(=O)N=O)c2)CCC1c1ccccc1)c1cccc2ccccc12. The predicted molar refractivity (Wildman–Crippen MR) is 160 cm³/mol. The number of fused-ring (bicyclic) bond motifs is 1. The third-order valence-corrected chi connectivity index (χ3v) is 7.88. The van der Waals surface area contributed by atoms with Crippen LogP contribution < -0.4 is 5.32 Å². The van der Waals surface area contributed by atoms with Crippen LogP contribution in [-0.4, -0.2) is 36.3 Å². The van der Waals surface area contributed by atoms with Crippen molar-refractivity contribution in [3.63, 3.8) is 0 Å². The Balaban J connectivity index is 1.31. The van der Waals surface area contributed by atoms with Crippen LogP contribution in [0.5, 0.6) is 0 Å². The van der Waals surface area contributed by atoms with E-state index < -0.39 is 5.91 Å². The fraction of sp³-hybridized carbons (Fsp3) is 0.235. The number of rotatable bonds is 8. The van der Waals surface area contributed by atoms with E-state index in [0.717, 1.165) is 13.0 Å². The van der Waals surface area contributed by atoms with Crippen molar-refractivity contribution in [2.45, 2.75) is 25.3 Å². The lowest BCUT2D eigenvalue weighted by atomic mass is 9.80. The Kier molecular flexibility index (Phi) is 8.57. The zero-order chi connectivity index (χ0) is 27.9. The number of hydrogen-bond donors (Lipinski definition) is 1. The summed E-state index contributed by atoms with van der Waals surface area (Å²) in [6.45, 7) is 4.30. The molecule has 6 nitrogen and oxygen atoms in total.